The van der Waals surface area contributed by atoms with Crippen LogP contribution in [0.5, 0.6) is 5.75 Å². The van der Waals surface area contributed by atoms with Crippen molar-refractivity contribution in [3.63, 3.8) is 0 Å². The average Bonchev–Trinajstić information content (AvgIpc) is 2.59. The lowest BCUT2D eigenvalue weighted by atomic mass is 9.86. The van der Waals surface area contributed by atoms with Gasteiger partial charge in [0.2, 0.25) is 0 Å². The Morgan fingerprint density at radius 1 is 1.48 bits per heavy atom. The summed E-state index contributed by atoms with van der Waals surface area (Å²) in [6.07, 6.45) is 9.19. The fourth-order valence-corrected chi connectivity index (χ4v) is 3.43. The lowest BCUT2D eigenvalue weighted by molar-refractivity contribution is 0.205. The molecule has 1 aliphatic carbocycles. The van der Waals surface area contributed by atoms with Crippen molar-refractivity contribution in [2.45, 2.75) is 32.2 Å². The quantitative estimate of drug-likeness (QED) is 0.566. The van der Waals surface area contributed by atoms with Gasteiger partial charge in [0, 0.05) is 25.8 Å². The van der Waals surface area contributed by atoms with Crippen LogP contribution in [0, 0.1) is 0 Å². The Balaban J connectivity index is 2.17. The molecule has 3 nitrogen and oxygen atoms in total. The number of likely N-dealkylation sites (N-methyl/N-ethyl adjacent to an activating group) is 1. The molecule has 23 heavy (non-hydrogen) atoms. The normalized spacial score (nSPS) is 18.3. The molecule has 0 saturated carbocycles. The first-order valence-corrected chi connectivity index (χ1v) is 8.36. The van der Waals surface area contributed by atoms with Crippen LogP contribution in [0.1, 0.15) is 24.5 Å². The van der Waals surface area contributed by atoms with Crippen LogP contribution in [0.25, 0.3) is 0 Å². The van der Waals surface area contributed by atoms with Crippen molar-refractivity contribution < 1.29 is 4.74 Å². The number of aryl methyl sites for hydroxylation is 1. The molecule has 124 valence electrons. The molecule has 0 saturated heterocycles. The van der Waals surface area contributed by atoms with Gasteiger partial charge >= 0.3 is 0 Å². The van der Waals surface area contributed by atoms with E-state index >= 15 is 0 Å². The molecule has 0 heterocycles. The number of methoxy groups -OCH3 is 1. The number of aliphatic imine (C=N–C) groups is 1. The first-order chi connectivity index (χ1) is 11.2. The van der Waals surface area contributed by atoms with Crippen molar-refractivity contribution in [2.24, 2.45) is 4.99 Å². The van der Waals surface area contributed by atoms with E-state index in [1.807, 2.05) is 25.4 Å². The number of hydrogen-bond donors (Lipinski definition) is 0. The van der Waals surface area contributed by atoms with E-state index in [4.69, 9.17) is 4.74 Å². The largest absolute Gasteiger partial charge is 0.496 e. The van der Waals surface area contributed by atoms with Crippen molar-refractivity contribution in [1.82, 2.24) is 4.90 Å². The summed E-state index contributed by atoms with van der Waals surface area (Å²) in [4.78, 5) is 6.70. The number of ether oxygens (including phenoxy) is 1. The Morgan fingerprint density at radius 2 is 2.30 bits per heavy atom. The molecule has 0 amide bonds. The van der Waals surface area contributed by atoms with Crippen molar-refractivity contribution in [2.75, 3.05) is 27.2 Å². The third-order valence-electron chi connectivity index (χ3n) is 4.57. The minimum Gasteiger partial charge on any atom is -0.496 e. The number of benzene rings is 1. The van der Waals surface area contributed by atoms with Crippen molar-refractivity contribution >= 4 is 6.21 Å². The Labute approximate surface area is 140 Å². The zero-order valence-electron chi connectivity index (χ0n) is 14.6. The molecular weight excluding hydrogens is 284 g/mol. The van der Waals surface area contributed by atoms with Gasteiger partial charge in [-0.25, -0.2) is 0 Å². The molecule has 1 unspecified atom stereocenters. The second kappa shape index (κ2) is 8.68. The van der Waals surface area contributed by atoms with E-state index in [0.29, 0.717) is 6.04 Å². The van der Waals surface area contributed by atoms with E-state index in [1.165, 1.54) is 23.1 Å². The molecule has 0 fully saturated rings. The number of fused-ring (bicyclic) bond motifs is 1. The maximum absolute atomic E-state index is 5.57. The standard InChI is InChI=1S/C20H28N2O/c1-5-8-16(14-21-3)15-22(6-2)18-12-11-17-9-7-10-20(23-4)19(17)13-18/h5,7-10,14,18H,1,6,11-13,15H2,2-4H3/b16-8+,21-14?. The molecule has 0 spiro atoms. The predicted octanol–water partition coefficient (Wildman–Crippen LogP) is 3.69. The summed E-state index contributed by atoms with van der Waals surface area (Å²) in [6.45, 7) is 7.98. The molecule has 0 N–H and O–H groups in total. The van der Waals surface area contributed by atoms with E-state index in [-0.39, 0.29) is 0 Å². The van der Waals surface area contributed by atoms with Gasteiger partial charge in [0.25, 0.3) is 0 Å². The molecule has 0 aliphatic heterocycles. The minimum absolute atomic E-state index is 0.544. The smallest absolute Gasteiger partial charge is 0.122 e. The Morgan fingerprint density at radius 3 is 2.96 bits per heavy atom. The summed E-state index contributed by atoms with van der Waals surface area (Å²) < 4.78 is 5.57. The van der Waals surface area contributed by atoms with Crippen molar-refractivity contribution in [3.8, 4) is 5.75 Å². The second-order valence-corrected chi connectivity index (χ2v) is 5.92. The van der Waals surface area contributed by atoms with Gasteiger partial charge in [-0.1, -0.05) is 37.8 Å². The molecule has 1 atom stereocenters. The summed E-state index contributed by atoms with van der Waals surface area (Å²) in [5, 5.41) is 0. The number of hydrogen-bond acceptors (Lipinski definition) is 3. The fraction of sp³-hybridized carbons (Fsp3) is 0.450. The number of nitrogens with zero attached hydrogens (tertiary/aromatic N) is 2. The highest BCUT2D eigenvalue weighted by atomic mass is 16.5. The Kier molecular flexibility index (Phi) is 6.60. The minimum atomic E-state index is 0.544. The van der Waals surface area contributed by atoms with E-state index in [9.17, 15) is 0 Å². The second-order valence-electron chi connectivity index (χ2n) is 5.92. The van der Waals surface area contributed by atoms with E-state index in [1.54, 1.807) is 7.11 Å². The van der Waals surface area contributed by atoms with Gasteiger partial charge < -0.3 is 4.74 Å². The zero-order valence-corrected chi connectivity index (χ0v) is 14.6. The molecule has 2 rings (SSSR count). The van der Waals surface area contributed by atoms with Crippen LogP contribution in [0.2, 0.25) is 0 Å². The molecule has 1 aliphatic rings. The average molecular weight is 312 g/mol. The van der Waals surface area contributed by atoms with Gasteiger partial charge in [-0.15, -0.1) is 0 Å². The molecule has 1 aromatic carbocycles. The third kappa shape index (κ3) is 4.32. The summed E-state index contributed by atoms with van der Waals surface area (Å²) >= 11 is 0. The first-order valence-electron chi connectivity index (χ1n) is 8.36. The molecule has 1 aromatic rings. The summed E-state index contributed by atoms with van der Waals surface area (Å²) in [7, 11) is 3.58. The van der Waals surface area contributed by atoms with Gasteiger partial charge in [0.15, 0.2) is 0 Å². The third-order valence-corrected chi connectivity index (χ3v) is 4.57. The summed E-state index contributed by atoms with van der Waals surface area (Å²) in [5.41, 5.74) is 4.02. The van der Waals surface area contributed by atoms with Crippen molar-refractivity contribution in [3.05, 3.63) is 53.6 Å². The highest BCUT2D eigenvalue weighted by Crippen LogP contribution is 2.31. The first kappa shape index (κ1) is 17.5. The summed E-state index contributed by atoms with van der Waals surface area (Å²) in [5.74, 6) is 1.03. The van der Waals surface area contributed by atoms with Crippen LogP contribution in [0.4, 0.5) is 0 Å². The fourth-order valence-electron chi connectivity index (χ4n) is 3.43. The van der Waals surface area contributed by atoms with Gasteiger partial charge in [0.1, 0.15) is 5.75 Å². The van der Waals surface area contributed by atoms with Crippen LogP contribution >= 0.6 is 0 Å². The maximum atomic E-state index is 5.57. The highest BCUT2D eigenvalue weighted by molar-refractivity contribution is 5.79. The lowest BCUT2D eigenvalue weighted by Gasteiger charge is -2.35. The van der Waals surface area contributed by atoms with E-state index < -0.39 is 0 Å². The monoisotopic (exact) mass is 312 g/mol. The van der Waals surface area contributed by atoms with Crippen LogP contribution in [-0.4, -0.2) is 44.4 Å². The van der Waals surface area contributed by atoms with Crippen LogP contribution in [0.15, 0.2) is 47.5 Å². The molecule has 0 bridgehead atoms. The maximum Gasteiger partial charge on any atom is 0.122 e. The predicted molar refractivity (Wildman–Crippen MR) is 98.8 cm³/mol. The van der Waals surface area contributed by atoms with Crippen LogP contribution in [0.3, 0.4) is 0 Å². The van der Waals surface area contributed by atoms with Crippen LogP contribution in [-0.2, 0) is 12.8 Å². The molecule has 0 aromatic heterocycles. The number of allylic oxidation sites excluding steroid dienone is 2. The van der Waals surface area contributed by atoms with Gasteiger partial charge in [-0.2, -0.15) is 0 Å². The van der Waals surface area contributed by atoms with Crippen molar-refractivity contribution in [1.29, 1.82) is 0 Å². The van der Waals surface area contributed by atoms with Gasteiger partial charge in [-0.3, -0.25) is 9.89 Å². The Hall–Kier alpha value is -1.87. The summed E-state index contributed by atoms with van der Waals surface area (Å²) in [6, 6.07) is 6.95. The molecule has 0 radical (unpaired) electrons. The number of rotatable bonds is 7. The molecular formula is C20H28N2O. The zero-order chi connectivity index (χ0) is 16.7. The highest BCUT2D eigenvalue weighted by Gasteiger charge is 2.25. The van der Waals surface area contributed by atoms with Gasteiger partial charge in [0.05, 0.1) is 7.11 Å². The van der Waals surface area contributed by atoms with E-state index in [2.05, 4.69) is 41.6 Å². The van der Waals surface area contributed by atoms with E-state index in [0.717, 1.165) is 31.7 Å². The SMILES string of the molecule is C=C/C=C(\C=NC)CN(CC)C1CCc2cccc(OC)c2C1. The van der Waals surface area contributed by atoms with Gasteiger partial charge in [-0.05, 0) is 48.6 Å². The molecule has 3 heteroatoms. The van der Waals surface area contributed by atoms with Crippen LogP contribution < -0.4 is 4.74 Å². The lowest BCUT2D eigenvalue weighted by Crippen LogP contribution is -2.40. The Bertz CT molecular complexity index is 575. The topological polar surface area (TPSA) is 24.8 Å².